The number of amides is 1. The van der Waals surface area contributed by atoms with Crippen molar-refractivity contribution < 1.29 is 19.1 Å². The van der Waals surface area contributed by atoms with E-state index in [-0.39, 0.29) is 12.1 Å². The Kier molecular flexibility index (Phi) is 10.4. The van der Waals surface area contributed by atoms with Crippen molar-refractivity contribution in [3.8, 4) is 11.1 Å². The van der Waals surface area contributed by atoms with Crippen LogP contribution in [0.15, 0.2) is 66.9 Å². The van der Waals surface area contributed by atoms with Crippen molar-refractivity contribution in [1.82, 2.24) is 15.2 Å². The zero-order valence-electron chi connectivity index (χ0n) is 20.6. The van der Waals surface area contributed by atoms with Gasteiger partial charge in [-0.2, -0.15) is 0 Å². The second kappa shape index (κ2) is 14.0. The number of rotatable bonds is 11. The number of benzene rings is 2. The number of likely N-dealkylation sites (tertiary alicyclic amines) is 1. The number of carbonyl (C=O) groups excluding carboxylic acids is 2. The lowest BCUT2D eigenvalue weighted by molar-refractivity contribution is -0.140. The molecule has 0 spiro atoms. The molecule has 1 fully saturated rings. The van der Waals surface area contributed by atoms with E-state index in [0.717, 1.165) is 62.3 Å². The second-order valence-corrected chi connectivity index (χ2v) is 8.61. The van der Waals surface area contributed by atoms with Gasteiger partial charge in [-0.15, -0.1) is 0 Å². The summed E-state index contributed by atoms with van der Waals surface area (Å²) < 4.78 is 10.3. The average Bonchev–Trinajstić information content (AvgIpc) is 2.89. The van der Waals surface area contributed by atoms with E-state index >= 15 is 0 Å². The molecule has 0 radical (unpaired) electrons. The van der Waals surface area contributed by atoms with Crippen LogP contribution < -0.4 is 10.9 Å². The van der Waals surface area contributed by atoms with Crippen LogP contribution in [0.2, 0.25) is 0 Å². The van der Waals surface area contributed by atoms with E-state index in [0.29, 0.717) is 6.42 Å². The number of nitrogens with one attached hydrogen (secondary N) is 2. The van der Waals surface area contributed by atoms with Crippen LogP contribution in [0.4, 0.5) is 10.5 Å². The van der Waals surface area contributed by atoms with E-state index in [1.54, 1.807) is 0 Å². The third-order valence-electron chi connectivity index (χ3n) is 5.96. The molecule has 0 saturated carbocycles. The Hall–Kier alpha value is -3.52. The number of para-hydroxylation sites is 1. The number of methoxy groups -OCH3 is 1. The maximum atomic E-state index is 12.4. The van der Waals surface area contributed by atoms with Gasteiger partial charge in [-0.05, 0) is 37.1 Å². The molecule has 0 unspecified atom stereocenters. The molecule has 8 nitrogen and oxygen atoms in total. The van der Waals surface area contributed by atoms with Crippen molar-refractivity contribution in [3.63, 3.8) is 0 Å². The Labute approximate surface area is 207 Å². The van der Waals surface area contributed by atoms with Gasteiger partial charge in [0.05, 0.1) is 12.8 Å². The fourth-order valence-electron chi connectivity index (χ4n) is 4.00. The molecule has 1 heterocycles. The standard InChI is InChI=1S/C27H36N4O4/c1-30(17-8-14-26(32)34-2)18-9-19-31-20-15-23(16-21-31)35-27(33)29-28-25-13-7-6-12-24(25)22-10-4-3-5-11-22/h3-7,9-13,18,23,28H,8,14-17,19-21H2,1-2H3,(H,29,33). The van der Waals surface area contributed by atoms with Crippen molar-refractivity contribution in [1.29, 1.82) is 0 Å². The molecule has 0 aliphatic carbocycles. The summed E-state index contributed by atoms with van der Waals surface area (Å²) in [5.41, 5.74) is 8.55. The highest BCUT2D eigenvalue weighted by Crippen LogP contribution is 2.27. The monoisotopic (exact) mass is 480 g/mol. The molecule has 1 amide bonds. The molecule has 35 heavy (non-hydrogen) atoms. The molecule has 188 valence electrons. The number of piperidine rings is 1. The summed E-state index contributed by atoms with van der Waals surface area (Å²) in [6, 6.07) is 17.8. The van der Waals surface area contributed by atoms with E-state index < -0.39 is 6.09 Å². The summed E-state index contributed by atoms with van der Waals surface area (Å²) in [6.45, 7) is 3.40. The van der Waals surface area contributed by atoms with Crippen molar-refractivity contribution in [2.24, 2.45) is 0 Å². The Morgan fingerprint density at radius 3 is 2.54 bits per heavy atom. The summed E-state index contributed by atoms with van der Waals surface area (Å²) in [5, 5.41) is 0. The number of hydrazine groups is 1. The zero-order valence-corrected chi connectivity index (χ0v) is 20.6. The van der Waals surface area contributed by atoms with Gasteiger partial charge in [0.15, 0.2) is 0 Å². The van der Waals surface area contributed by atoms with Crippen molar-refractivity contribution >= 4 is 17.7 Å². The topological polar surface area (TPSA) is 83.1 Å². The third kappa shape index (κ3) is 8.98. The van der Waals surface area contributed by atoms with Crippen LogP contribution in [0.3, 0.4) is 0 Å². The molecular formula is C27H36N4O4. The van der Waals surface area contributed by atoms with Crippen LogP contribution >= 0.6 is 0 Å². The van der Waals surface area contributed by atoms with E-state index in [2.05, 4.69) is 31.5 Å². The first-order valence-electron chi connectivity index (χ1n) is 12.1. The van der Waals surface area contributed by atoms with Gasteiger partial charge in [0, 0.05) is 45.2 Å². The van der Waals surface area contributed by atoms with Gasteiger partial charge in [0.2, 0.25) is 0 Å². The maximum absolute atomic E-state index is 12.4. The molecule has 8 heteroatoms. The highest BCUT2D eigenvalue weighted by atomic mass is 16.6. The van der Waals surface area contributed by atoms with Gasteiger partial charge in [0.1, 0.15) is 6.10 Å². The maximum Gasteiger partial charge on any atom is 0.426 e. The smallest absolute Gasteiger partial charge is 0.426 e. The average molecular weight is 481 g/mol. The van der Waals surface area contributed by atoms with Gasteiger partial charge in [-0.1, -0.05) is 54.6 Å². The number of ether oxygens (including phenoxy) is 2. The van der Waals surface area contributed by atoms with Gasteiger partial charge in [-0.3, -0.25) is 15.1 Å². The Bertz CT molecular complexity index is 959. The minimum absolute atomic E-state index is 0.0950. The largest absolute Gasteiger partial charge is 0.469 e. The molecule has 0 aromatic heterocycles. The van der Waals surface area contributed by atoms with Crippen LogP contribution in [0.25, 0.3) is 11.1 Å². The molecule has 1 aliphatic heterocycles. The molecule has 0 bridgehead atoms. The van der Waals surface area contributed by atoms with Gasteiger partial charge in [0.25, 0.3) is 0 Å². The van der Waals surface area contributed by atoms with Crippen molar-refractivity contribution in [2.45, 2.75) is 31.8 Å². The molecule has 0 atom stereocenters. The number of anilines is 1. The fourth-order valence-corrected chi connectivity index (χ4v) is 4.00. The lowest BCUT2D eigenvalue weighted by atomic mass is 10.0. The summed E-state index contributed by atoms with van der Waals surface area (Å²) in [6.07, 6.45) is 6.41. The Morgan fingerprint density at radius 1 is 1.09 bits per heavy atom. The van der Waals surface area contributed by atoms with E-state index in [1.807, 2.05) is 67.8 Å². The molecule has 2 aromatic carbocycles. The fraction of sp³-hybridized carbons (Fsp3) is 0.407. The van der Waals surface area contributed by atoms with Crippen molar-refractivity contribution in [2.75, 3.05) is 45.8 Å². The summed E-state index contributed by atoms with van der Waals surface area (Å²) >= 11 is 0. The van der Waals surface area contributed by atoms with Gasteiger partial charge >= 0.3 is 12.1 Å². The van der Waals surface area contributed by atoms with Crippen LogP contribution in [0, 0.1) is 0 Å². The molecule has 2 aromatic rings. The molecular weight excluding hydrogens is 444 g/mol. The Balaban J connectivity index is 1.34. The Morgan fingerprint density at radius 2 is 1.80 bits per heavy atom. The summed E-state index contributed by atoms with van der Waals surface area (Å²) in [4.78, 5) is 27.9. The summed E-state index contributed by atoms with van der Waals surface area (Å²) in [7, 11) is 3.41. The number of carbonyl (C=O) groups is 2. The summed E-state index contributed by atoms with van der Waals surface area (Å²) in [5.74, 6) is -0.172. The minimum Gasteiger partial charge on any atom is -0.469 e. The van der Waals surface area contributed by atoms with Crippen LogP contribution in [-0.4, -0.2) is 68.3 Å². The second-order valence-electron chi connectivity index (χ2n) is 8.61. The van der Waals surface area contributed by atoms with E-state index in [1.165, 1.54) is 7.11 Å². The molecule has 1 aliphatic rings. The van der Waals surface area contributed by atoms with Gasteiger partial charge in [-0.25, -0.2) is 10.2 Å². The van der Waals surface area contributed by atoms with E-state index in [9.17, 15) is 9.59 Å². The first-order chi connectivity index (χ1) is 17.0. The first-order valence-corrected chi connectivity index (χ1v) is 12.1. The lowest BCUT2D eigenvalue weighted by Gasteiger charge is -2.31. The normalized spacial score (nSPS) is 14.5. The third-order valence-corrected chi connectivity index (χ3v) is 5.96. The van der Waals surface area contributed by atoms with Crippen LogP contribution in [0.1, 0.15) is 25.7 Å². The lowest BCUT2D eigenvalue weighted by Crippen LogP contribution is -2.40. The first kappa shape index (κ1) is 26.1. The molecule has 2 N–H and O–H groups in total. The number of hydrogen-bond acceptors (Lipinski definition) is 7. The number of hydrogen-bond donors (Lipinski definition) is 2. The molecule has 1 saturated heterocycles. The predicted octanol–water partition coefficient (Wildman–Crippen LogP) is 4.27. The SMILES string of the molecule is COC(=O)CCCN(C)C=CCN1CCC(OC(=O)NNc2ccccc2-c2ccccc2)CC1. The highest BCUT2D eigenvalue weighted by molar-refractivity contribution is 5.79. The van der Waals surface area contributed by atoms with E-state index in [4.69, 9.17) is 4.74 Å². The van der Waals surface area contributed by atoms with Gasteiger partial charge < -0.3 is 14.4 Å². The number of nitrogens with zero attached hydrogens (tertiary/aromatic N) is 2. The van der Waals surface area contributed by atoms with Crippen LogP contribution in [-0.2, 0) is 14.3 Å². The van der Waals surface area contributed by atoms with Crippen molar-refractivity contribution in [3.05, 3.63) is 66.9 Å². The predicted molar refractivity (Wildman–Crippen MR) is 138 cm³/mol. The zero-order chi connectivity index (χ0) is 24.9. The van der Waals surface area contributed by atoms with Crippen LogP contribution in [0.5, 0.6) is 0 Å². The molecule has 3 rings (SSSR count). The highest BCUT2D eigenvalue weighted by Gasteiger charge is 2.21. The minimum atomic E-state index is -0.472. The quantitative estimate of drug-likeness (QED) is 0.367. The number of esters is 1.